The standard InChI is InChI=1S/C18H21N5O4/c1-10(2)14(16(25)22-12-5-7-20-17(26)15(12)24)23-18-21-9-13(27-18)11-4-3-6-19-8-11/h3-4,6,8-10,12,14H,5,7H2,1-2H3,(H,20,26)(H,21,23)(H,22,25). The molecule has 2 atom stereocenters. The van der Waals surface area contributed by atoms with Gasteiger partial charge in [-0.25, -0.2) is 4.98 Å². The molecule has 0 saturated carbocycles. The number of nitrogens with one attached hydrogen (secondary N) is 3. The molecule has 1 aliphatic rings. The van der Waals surface area contributed by atoms with Gasteiger partial charge in [0.2, 0.25) is 11.7 Å². The van der Waals surface area contributed by atoms with E-state index in [1.165, 1.54) is 0 Å². The van der Waals surface area contributed by atoms with Gasteiger partial charge >= 0.3 is 0 Å². The minimum absolute atomic E-state index is 0.105. The zero-order valence-corrected chi connectivity index (χ0v) is 15.1. The average Bonchev–Trinajstić information content (AvgIpc) is 3.13. The molecule has 2 amide bonds. The second-order valence-corrected chi connectivity index (χ2v) is 6.61. The van der Waals surface area contributed by atoms with Crippen LogP contribution in [0.4, 0.5) is 6.01 Å². The van der Waals surface area contributed by atoms with Crippen LogP contribution < -0.4 is 16.0 Å². The van der Waals surface area contributed by atoms with E-state index in [-0.39, 0.29) is 17.8 Å². The Balaban J connectivity index is 1.69. The van der Waals surface area contributed by atoms with Crippen LogP contribution in [0.3, 0.4) is 0 Å². The van der Waals surface area contributed by atoms with E-state index in [0.29, 0.717) is 18.7 Å². The maximum atomic E-state index is 12.6. The third-order valence-electron chi connectivity index (χ3n) is 4.26. The van der Waals surface area contributed by atoms with Crippen LogP contribution in [0, 0.1) is 5.92 Å². The smallest absolute Gasteiger partial charge is 0.295 e. The molecule has 0 bridgehead atoms. The summed E-state index contributed by atoms with van der Waals surface area (Å²) in [5, 5.41) is 8.07. The SMILES string of the molecule is CC(C)C(Nc1ncc(-c2cccnc2)o1)C(=O)NC1CCNC(=O)C1=O. The minimum atomic E-state index is -0.815. The van der Waals surface area contributed by atoms with E-state index >= 15 is 0 Å². The number of carbonyl (C=O) groups excluding carboxylic acids is 3. The van der Waals surface area contributed by atoms with E-state index < -0.39 is 23.8 Å². The number of rotatable bonds is 6. The molecule has 9 heteroatoms. The first-order valence-electron chi connectivity index (χ1n) is 8.71. The van der Waals surface area contributed by atoms with Crippen molar-refractivity contribution in [1.29, 1.82) is 0 Å². The average molecular weight is 371 g/mol. The number of aromatic nitrogens is 2. The summed E-state index contributed by atoms with van der Waals surface area (Å²) in [5.74, 6) is -1.28. The van der Waals surface area contributed by atoms with E-state index in [2.05, 4.69) is 25.9 Å². The molecule has 27 heavy (non-hydrogen) atoms. The van der Waals surface area contributed by atoms with Crippen molar-refractivity contribution in [2.75, 3.05) is 11.9 Å². The van der Waals surface area contributed by atoms with Gasteiger partial charge in [-0.3, -0.25) is 19.4 Å². The number of ketones is 1. The van der Waals surface area contributed by atoms with Crippen molar-refractivity contribution < 1.29 is 18.8 Å². The predicted octanol–water partition coefficient (Wildman–Crippen LogP) is 0.747. The van der Waals surface area contributed by atoms with E-state index in [1.807, 2.05) is 19.9 Å². The summed E-state index contributed by atoms with van der Waals surface area (Å²) in [6.45, 7) is 4.07. The van der Waals surface area contributed by atoms with Crippen LogP contribution in [0.5, 0.6) is 0 Å². The maximum absolute atomic E-state index is 12.6. The van der Waals surface area contributed by atoms with Crippen LogP contribution in [-0.2, 0) is 14.4 Å². The molecular weight excluding hydrogens is 350 g/mol. The summed E-state index contributed by atoms with van der Waals surface area (Å²) in [4.78, 5) is 44.2. The summed E-state index contributed by atoms with van der Waals surface area (Å²) >= 11 is 0. The quantitative estimate of drug-likeness (QED) is 0.640. The molecule has 3 rings (SSSR count). The third kappa shape index (κ3) is 4.30. The molecular formula is C18H21N5O4. The molecule has 1 fully saturated rings. The number of hydrogen-bond donors (Lipinski definition) is 3. The van der Waals surface area contributed by atoms with Gasteiger partial charge < -0.3 is 20.4 Å². The van der Waals surface area contributed by atoms with Crippen LogP contribution in [0.2, 0.25) is 0 Å². The van der Waals surface area contributed by atoms with Crippen molar-refractivity contribution in [2.45, 2.75) is 32.4 Å². The lowest BCUT2D eigenvalue weighted by atomic mass is 10.0. The highest BCUT2D eigenvalue weighted by Crippen LogP contribution is 2.22. The summed E-state index contributed by atoms with van der Waals surface area (Å²) in [7, 11) is 0. The van der Waals surface area contributed by atoms with Gasteiger partial charge in [0.1, 0.15) is 6.04 Å². The normalized spacial score (nSPS) is 18.1. The second kappa shape index (κ2) is 7.98. The summed E-state index contributed by atoms with van der Waals surface area (Å²) < 4.78 is 5.66. The zero-order valence-electron chi connectivity index (χ0n) is 15.1. The van der Waals surface area contributed by atoms with Gasteiger partial charge in [0, 0.05) is 24.5 Å². The summed E-state index contributed by atoms with van der Waals surface area (Å²) in [6, 6.07) is 2.32. The third-order valence-corrected chi connectivity index (χ3v) is 4.26. The molecule has 2 aromatic heterocycles. The molecule has 0 aliphatic carbocycles. The number of hydrogen-bond acceptors (Lipinski definition) is 7. The van der Waals surface area contributed by atoms with Crippen molar-refractivity contribution in [3.05, 3.63) is 30.7 Å². The molecule has 1 saturated heterocycles. The number of nitrogens with zero attached hydrogens (tertiary/aromatic N) is 2. The van der Waals surface area contributed by atoms with Gasteiger partial charge in [-0.1, -0.05) is 13.8 Å². The van der Waals surface area contributed by atoms with E-state index in [4.69, 9.17) is 4.42 Å². The molecule has 0 aromatic carbocycles. The Hall–Kier alpha value is -3.23. The number of carbonyl (C=O) groups is 3. The van der Waals surface area contributed by atoms with Crippen molar-refractivity contribution in [2.24, 2.45) is 5.92 Å². The van der Waals surface area contributed by atoms with Crippen molar-refractivity contribution in [3.63, 3.8) is 0 Å². The van der Waals surface area contributed by atoms with E-state index in [9.17, 15) is 14.4 Å². The molecule has 3 heterocycles. The van der Waals surface area contributed by atoms with Gasteiger partial charge in [0.15, 0.2) is 5.76 Å². The first-order chi connectivity index (χ1) is 13.0. The molecule has 0 radical (unpaired) electrons. The highest BCUT2D eigenvalue weighted by atomic mass is 16.4. The second-order valence-electron chi connectivity index (χ2n) is 6.61. The Labute approximate surface area is 155 Å². The molecule has 3 N–H and O–H groups in total. The van der Waals surface area contributed by atoms with Gasteiger partial charge in [-0.15, -0.1) is 0 Å². The lowest BCUT2D eigenvalue weighted by Gasteiger charge is -2.26. The van der Waals surface area contributed by atoms with Crippen molar-refractivity contribution in [1.82, 2.24) is 20.6 Å². The predicted molar refractivity (Wildman–Crippen MR) is 96.5 cm³/mol. The number of anilines is 1. The lowest BCUT2D eigenvalue weighted by Crippen LogP contribution is -2.56. The fourth-order valence-electron chi connectivity index (χ4n) is 2.76. The van der Waals surface area contributed by atoms with Crippen molar-refractivity contribution in [3.8, 4) is 11.3 Å². The Morgan fingerprint density at radius 2 is 2.15 bits per heavy atom. The van der Waals surface area contributed by atoms with Crippen molar-refractivity contribution >= 4 is 23.6 Å². The number of amides is 2. The van der Waals surface area contributed by atoms with Gasteiger partial charge in [-0.05, 0) is 24.5 Å². The molecule has 2 unspecified atom stereocenters. The Morgan fingerprint density at radius 1 is 1.33 bits per heavy atom. The number of piperidine rings is 1. The van der Waals surface area contributed by atoms with Crippen LogP contribution in [-0.4, -0.2) is 46.2 Å². The number of oxazole rings is 1. The van der Waals surface area contributed by atoms with Gasteiger partial charge in [0.05, 0.1) is 12.2 Å². The zero-order chi connectivity index (χ0) is 19.4. The first-order valence-corrected chi connectivity index (χ1v) is 8.71. The first kappa shape index (κ1) is 18.6. The largest absolute Gasteiger partial charge is 0.424 e. The molecule has 1 aliphatic heterocycles. The summed E-state index contributed by atoms with van der Waals surface area (Å²) in [6.07, 6.45) is 5.22. The molecule has 142 valence electrons. The van der Waals surface area contributed by atoms with Gasteiger partial charge in [-0.2, -0.15) is 0 Å². The Bertz CT molecular complexity index is 833. The maximum Gasteiger partial charge on any atom is 0.295 e. The molecule has 2 aromatic rings. The fourth-order valence-corrected chi connectivity index (χ4v) is 2.76. The topological polar surface area (TPSA) is 126 Å². The molecule has 0 spiro atoms. The van der Waals surface area contributed by atoms with E-state index in [0.717, 1.165) is 5.56 Å². The highest BCUT2D eigenvalue weighted by Gasteiger charge is 2.33. The summed E-state index contributed by atoms with van der Waals surface area (Å²) in [5.41, 5.74) is 0.766. The fraction of sp³-hybridized carbons (Fsp3) is 0.389. The van der Waals surface area contributed by atoms with E-state index in [1.54, 1.807) is 24.7 Å². The van der Waals surface area contributed by atoms with Crippen LogP contribution in [0.1, 0.15) is 20.3 Å². The van der Waals surface area contributed by atoms with Crippen LogP contribution in [0.25, 0.3) is 11.3 Å². The Morgan fingerprint density at radius 3 is 2.85 bits per heavy atom. The van der Waals surface area contributed by atoms with Crippen LogP contribution >= 0.6 is 0 Å². The van der Waals surface area contributed by atoms with Gasteiger partial charge in [0.25, 0.3) is 11.9 Å². The van der Waals surface area contributed by atoms with Crippen LogP contribution in [0.15, 0.2) is 35.1 Å². The Kier molecular flexibility index (Phi) is 5.49. The highest BCUT2D eigenvalue weighted by molar-refractivity contribution is 6.39. The number of Topliss-reactive ketones (excluding diaryl/α,β-unsaturated/α-hetero) is 1. The lowest BCUT2D eigenvalue weighted by molar-refractivity contribution is -0.141. The minimum Gasteiger partial charge on any atom is -0.424 e. The number of pyridine rings is 1. The molecule has 9 nitrogen and oxygen atoms in total. The monoisotopic (exact) mass is 371 g/mol.